The van der Waals surface area contributed by atoms with Crippen molar-refractivity contribution in [3.8, 4) is 0 Å². The second-order valence-electron chi connectivity index (χ2n) is 3.68. The molecule has 0 bridgehead atoms. The maximum absolute atomic E-state index is 11.3. The molecule has 0 aromatic carbocycles. The Morgan fingerprint density at radius 2 is 2.18 bits per heavy atom. The minimum absolute atomic E-state index is 0.125. The van der Waals surface area contributed by atoms with Crippen LogP contribution in [0, 0.1) is 5.41 Å². The first kappa shape index (κ1) is 8.47. The first-order valence-electron chi connectivity index (χ1n) is 3.83. The Bertz CT molecular complexity index is 203. The highest BCUT2D eigenvalue weighted by atomic mass is 16.3. The number of aliphatic hydroxyl groups is 1. The number of hydrogen-bond acceptors (Lipinski definition) is 2. The second-order valence-corrected chi connectivity index (χ2v) is 3.68. The SMILES string of the molecule is C=CC1(O)CCC(=O)C1(C)C. The van der Waals surface area contributed by atoms with E-state index in [2.05, 4.69) is 6.58 Å². The molecule has 0 aromatic heterocycles. The lowest BCUT2D eigenvalue weighted by Gasteiger charge is -2.31. The van der Waals surface area contributed by atoms with Gasteiger partial charge in [-0.3, -0.25) is 4.79 Å². The Labute approximate surface area is 66.9 Å². The van der Waals surface area contributed by atoms with E-state index in [-0.39, 0.29) is 5.78 Å². The Kier molecular flexibility index (Phi) is 1.67. The molecule has 0 radical (unpaired) electrons. The minimum atomic E-state index is -0.982. The summed E-state index contributed by atoms with van der Waals surface area (Å²) in [6, 6.07) is 0. The lowest BCUT2D eigenvalue weighted by molar-refractivity contribution is -0.129. The highest BCUT2D eigenvalue weighted by Crippen LogP contribution is 2.43. The maximum atomic E-state index is 11.3. The standard InChI is InChI=1S/C9H14O2/c1-4-9(11)6-5-7(10)8(9,2)3/h4,11H,1,5-6H2,2-3H3. The maximum Gasteiger partial charge on any atom is 0.141 e. The van der Waals surface area contributed by atoms with E-state index in [1.165, 1.54) is 6.08 Å². The summed E-state index contributed by atoms with van der Waals surface area (Å²) < 4.78 is 0. The number of ketones is 1. The van der Waals surface area contributed by atoms with Gasteiger partial charge in [0.15, 0.2) is 0 Å². The van der Waals surface area contributed by atoms with Gasteiger partial charge in [0.1, 0.15) is 5.78 Å². The van der Waals surface area contributed by atoms with Crippen LogP contribution in [-0.4, -0.2) is 16.5 Å². The van der Waals surface area contributed by atoms with Crippen molar-refractivity contribution in [2.45, 2.75) is 32.3 Å². The number of Topliss-reactive ketones (excluding diaryl/α,β-unsaturated/α-hetero) is 1. The summed E-state index contributed by atoms with van der Waals surface area (Å²) in [4.78, 5) is 11.3. The van der Waals surface area contributed by atoms with Crippen molar-refractivity contribution in [2.24, 2.45) is 5.41 Å². The molecule has 0 spiro atoms. The van der Waals surface area contributed by atoms with Crippen LogP contribution in [0.15, 0.2) is 12.7 Å². The minimum Gasteiger partial charge on any atom is -0.385 e. The molecule has 0 heterocycles. The number of carbonyl (C=O) groups excluding carboxylic acids is 1. The summed E-state index contributed by atoms with van der Waals surface area (Å²) >= 11 is 0. The third-order valence-corrected chi connectivity index (χ3v) is 2.85. The summed E-state index contributed by atoms with van der Waals surface area (Å²) in [6.07, 6.45) is 2.47. The molecule has 1 saturated carbocycles. The van der Waals surface area contributed by atoms with Gasteiger partial charge >= 0.3 is 0 Å². The summed E-state index contributed by atoms with van der Waals surface area (Å²) in [6.45, 7) is 7.08. The van der Waals surface area contributed by atoms with Crippen molar-refractivity contribution < 1.29 is 9.90 Å². The zero-order valence-electron chi connectivity index (χ0n) is 7.05. The van der Waals surface area contributed by atoms with E-state index in [9.17, 15) is 9.90 Å². The lowest BCUT2D eigenvalue weighted by atomic mass is 9.77. The predicted molar refractivity (Wildman–Crippen MR) is 43.2 cm³/mol. The van der Waals surface area contributed by atoms with Crippen LogP contribution in [0.25, 0.3) is 0 Å². The molecule has 0 amide bonds. The highest BCUT2D eigenvalue weighted by Gasteiger charge is 2.51. The van der Waals surface area contributed by atoms with E-state index in [0.717, 1.165) is 0 Å². The summed E-state index contributed by atoms with van der Waals surface area (Å²) in [5, 5.41) is 9.86. The normalized spacial score (nSPS) is 35.7. The lowest BCUT2D eigenvalue weighted by Crippen LogP contribution is -2.41. The van der Waals surface area contributed by atoms with E-state index in [0.29, 0.717) is 12.8 Å². The van der Waals surface area contributed by atoms with Crippen LogP contribution in [0.5, 0.6) is 0 Å². The topological polar surface area (TPSA) is 37.3 Å². The molecule has 0 aliphatic heterocycles. The third kappa shape index (κ3) is 0.932. The van der Waals surface area contributed by atoms with Gasteiger partial charge in [0.05, 0.1) is 11.0 Å². The van der Waals surface area contributed by atoms with Gasteiger partial charge in [0.2, 0.25) is 0 Å². The number of hydrogen-bond donors (Lipinski definition) is 1. The van der Waals surface area contributed by atoms with E-state index in [4.69, 9.17) is 0 Å². The number of carbonyl (C=O) groups is 1. The van der Waals surface area contributed by atoms with Gasteiger partial charge in [-0.05, 0) is 20.3 Å². The van der Waals surface area contributed by atoms with Gasteiger partial charge in [0.25, 0.3) is 0 Å². The van der Waals surface area contributed by atoms with E-state index in [1.54, 1.807) is 13.8 Å². The quantitative estimate of drug-likeness (QED) is 0.578. The largest absolute Gasteiger partial charge is 0.385 e. The molecule has 11 heavy (non-hydrogen) atoms. The molecule has 62 valence electrons. The van der Waals surface area contributed by atoms with E-state index >= 15 is 0 Å². The summed E-state index contributed by atoms with van der Waals surface area (Å²) in [7, 11) is 0. The van der Waals surface area contributed by atoms with Gasteiger partial charge in [-0.1, -0.05) is 6.08 Å². The molecule has 2 nitrogen and oxygen atoms in total. The third-order valence-electron chi connectivity index (χ3n) is 2.85. The predicted octanol–water partition coefficient (Wildman–Crippen LogP) is 1.29. The molecule has 1 N–H and O–H groups in total. The molecule has 1 fully saturated rings. The van der Waals surface area contributed by atoms with Crippen LogP contribution >= 0.6 is 0 Å². The monoisotopic (exact) mass is 154 g/mol. The zero-order valence-corrected chi connectivity index (χ0v) is 7.05. The fraction of sp³-hybridized carbons (Fsp3) is 0.667. The van der Waals surface area contributed by atoms with Crippen molar-refractivity contribution in [1.29, 1.82) is 0 Å². The van der Waals surface area contributed by atoms with Gasteiger partial charge < -0.3 is 5.11 Å². The molecule has 1 rings (SSSR count). The van der Waals surface area contributed by atoms with E-state index in [1.807, 2.05) is 0 Å². The summed E-state index contributed by atoms with van der Waals surface area (Å²) in [5.41, 5.74) is -1.63. The molecule has 0 aromatic rings. The molecule has 1 atom stereocenters. The molecule has 2 heteroatoms. The second kappa shape index (κ2) is 2.18. The van der Waals surface area contributed by atoms with Crippen molar-refractivity contribution in [1.82, 2.24) is 0 Å². The van der Waals surface area contributed by atoms with E-state index < -0.39 is 11.0 Å². The van der Waals surface area contributed by atoms with Gasteiger partial charge in [0, 0.05) is 6.42 Å². The Morgan fingerprint density at radius 3 is 2.36 bits per heavy atom. The highest BCUT2D eigenvalue weighted by molar-refractivity contribution is 5.88. The van der Waals surface area contributed by atoms with Gasteiger partial charge in [-0.2, -0.15) is 0 Å². The first-order valence-corrected chi connectivity index (χ1v) is 3.83. The van der Waals surface area contributed by atoms with Gasteiger partial charge in [-0.25, -0.2) is 0 Å². The molecule has 0 saturated heterocycles. The first-order chi connectivity index (χ1) is 4.94. The average molecular weight is 154 g/mol. The van der Waals surface area contributed by atoms with Crippen LogP contribution in [0.2, 0.25) is 0 Å². The smallest absolute Gasteiger partial charge is 0.141 e. The van der Waals surface area contributed by atoms with Crippen molar-refractivity contribution in [3.05, 3.63) is 12.7 Å². The van der Waals surface area contributed by atoms with Crippen LogP contribution in [-0.2, 0) is 4.79 Å². The molecule has 1 aliphatic carbocycles. The molecule has 1 unspecified atom stereocenters. The van der Waals surface area contributed by atoms with Crippen LogP contribution in [0.4, 0.5) is 0 Å². The molecular formula is C9H14O2. The Hall–Kier alpha value is -0.630. The zero-order chi connectivity index (χ0) is 8.70. The fourth-order valence-electron chi connectivity index (χ4n) is 1.53. The van der Waals surface area contributed by atoms with Crippen LogP contribution < -0.4 is 0 Å². The molecular weight excluding hydrogens is 140 g/mol. The average Bonchev–Trinajstić information content (AvgIpc) is 2.15. The fourth-order valence-corrected chi connectivity index (χ4v) is 1.53. The van der Waals surface area contributed by atoms with Crippen LogP contribution in [0.3, 0.4) is 0 Å². The van der Waals surface area contributed by atoms with Crippen LogP contribution in [0.1, 0.15) is 26.7 Å². The Balaban J connectivity index is 3.04. The number of rotatable bonds is 1. The molecule has 1 aliphatic rings. The van der Waals surface area contributed by atoms with Crippen molar-refractivity contribution in [3.63, 3.8) is 0 Å². The van der Waals surface area contributed by atoms with Gasteiger partial charge in [-0.15, -0.1) is 6.58 Å². The summed E-state index contributed by atoms with van der Waals surface area (Å²) in [5.74, 6) is 0.125. The Morgan fingerprint density at radius 1 is 1.64 bits per heavy atom. The van der Waals surface area contributed by atoms with Crippen molar-refractivity contribution in [2.75, 3.05) is 0 Å². The van der Waals surface area contributed by atoms with Crippen molar-refractivity contribution >= 4 is 5.78 Å².